The van der Waals surface area contributed by atoms with Crippen LogP contribution in [0, 0.1) is 5.41 Å². The molecule has 4 heteroatoms. The Balaban J connectivity index is 1.75. The number of hydrogen-bond acceptors (Lipinski definition) is 4. The summed E-state index contributed by atoms with van der Waals surface area (Å²) in [6, 6.07) is 14.1. The van der Waals surface area contributed by atoms with Gasteiger partial charge < -0.3 is 9.84 Å². The van der Waals surface area contributed by atoms with Gasteiger partial charge in [-0.3, -0.25) is 9.59 Å². The summed E-state index contributed by atoms with van der Waals surface area (Å²) in [7, 11) is 0. The van der Waals surface area contributed by atoms with Crippen LogP contribution in [0.1, 0.15) is 24.8 Å². The van der Waals surface area contributed by atoms with Crippen molar-refractivity contribution in [2.75, 3.05) is 6.61 Å². The summed E-state index contributed by atoms with van der Waals surface area (Å²) in [6.45, 7) is -0.0782. The molecule has 2 aliphatic rings. The molecule has 2 aromatic carbocycles. The highest BCUT2D eigenvalue weighted by molar-refractivity contribution is 5.89. The van der Waals surface area contributed by atoms with E-state index in [0.717, 1.165) is 16.3 Å². The van der Waals surface area contributed by atoms with Crippen LogP contribution in [-0.2, 0) is 20.7 Å². The standard InChI is InChI=1S/C19H18O4/c20-16-7-8-18(17(21)23-12-19(18,22)11-16)10-13-5-6-14-3-1-2-4-15(14)9-13/h1-6,9,22H,7-8,10-12H2/t18-,19+/m1/s1. The number of benzene rings is 2. The lowest BCUT2D eigenvalue weighted by Gasteiger charge is -2.41. The van der Waals surface area contributed by atoms with Gasteiger partial charge in [0.2, 0.25) is 0 Å². The zero-order valence-electron chi connectivity index (χ0n) is 12.7. The molecule has 1 aliphatic heterocycles. The van der Waals surface area contributed by atoms with E-state index in [9.17, 15) is 14.7 Å². The zero-order chi connectivity index (χ0) is 16.1. The third-order valence-electron chi connectivity index (χ3n) is 5.36. The monoisotopic (exact) mass is 310 g/mol. The van der Waals surface area contributed by atoms with Crippen molar-refractivity contribution in [1.29, 1.82) is 0 Å². The lowest BCUT2D eigenvalue weighted by molar-refractivity contribution is -0.154. The SMILES string of the molecule is O=C1CC[C@@]2(Cc3ccc4ccccc4c3)C(=O)OC[C@@]2(O)C1. The van der Waals surface area contributed by atoms with Crippen molar-refractivity contribution in [3.05, 3.63) is 48.0 Å². The van der Waals surface area contributed by atoms with E-state index < -0.39 is 11.0 Å². The maximum absolute atomic E-state index is 12.4. The van der Waals surface area contributed by atoms with E-state index in [2.05, 4.69) is 0 Å². The second-order valence-electron chi connectivity index (χ2n) is 6.76. The third-order valence-corrected chi connectivity index (χ3v) is 5.36. The predicted molar refractivity (Wildman–Crippen MR) is 84.9 cm³/mol. The number of hydrogen-bond donors (Lipinski definition) is 1. The number of rotatable bonds is 2. The van der Waals surface area contributed by atoms with Gasteiger partial charge >= 0.3 is 5.97 Å². The molecule has 118 valence electrons. The van der Waals surface area contributed by atoms with Crippen LogP contribution in [0.2, 0.25) is 0 Å². The van der Waals surface area contributed by atoms with Gasteiger partial charge in [-0.25, -0.2) is 0 Å². The summed E-state index contributed by atoms with van der Waals surface area (Å²) < 4.78 is 5.17. The molecule has 23 heavy (non-hydrogen) atoms. The fourth-order valence-corrected chi connectivity index (χ4v) is 4.00. The second-order valence-corrected chi connectivity index (χ2v) is 6.76. The molecule has 1 heterocycles. The molecule has 0 bridgehead atoms. The smallest absolute Gasteiger partial charge is 0.315 e. The van der Waals surface area contributed by atoms with Gasteiger partial charge in [0.15, 0.2) is 0 Å². The van der Waals surface area contributed by atoms with Gasteiger partial charge in [0.05, 0.1) is 0 Å². The Morgan fingerprint density at radius 3 is 2.70 bits per heavy atom. The van der Waals surface area contributed by atoms with Crippen LogP contribution in [0.4, 0.5) is 0 Å². The Bertz CT molecular complexity index is 812. The third kappa shape index (κ3) is 2.09. The van der Waals surface area contributed by atoms with E-state index >= 15 is 0 Å². The Hall–Kier alpha value is -2.20. The largest absolute Gasteiger partial charge is 0.462 e. The minimum atomic E-state index is -1.37. The highest BCUT2D eigenvalue weighted by Crippen LogP contribution is 2.50. The van der Waals surface area contributed by atoms with E-state index in [1.807, 2.05) is 42.5 Å². The Labute approximate surface area is 134 Å². The number of carbonyl (C=O) groups is 2. The average molecular weight is 310 g/mol. The summed E-state index contributed by atoms with van der Waals surface area (Å²) >= 11 is 0. The number of ketones is 1. The Kier molecular flexibility index (Phi) is 3.07. The van der Waals surface area contributed by atoms with Crippen LogP contribution < -0.4 is 0 Å². The number of Topliss-reactive ketones (excluding diaryl/α,β-unsaturated/α-hetero) is 1. The van der Waals surface area contributed by atoms with E-state index in [4.69, 9.17) is 4.74 Å². The quantitative estimate of drug-likeness (QED) is 0.865. The molecule has 0 unspecified atom stereocenters. The molecule has 0 amide bonds. The number of ether oxygens (including phenoxy) is 1. The zero-order valence-corrected chi connectivity index (χ0v) is 12.7. The summed E-state index contributed by atoms with van der Waals surface area (Å²) in [5, 5.41) is 13.1. The van der Waals surface area contributed by atoms with Crippen LogP contribution in [-0.4, -0.2) is 29.1 Å². The normalized spacial score (nSPS) is 30.3. The fraction of sp³-hybridized carbons (Fsp3) is 0.368. The predicted octanol–water partition coefficient (Wildman–Crippen LogP) is 2.41. The molecule has 2 fully saturated rings. The van der Waals surface area contributed by atoms with Crippen LogP contribution in [0.15, 0.2) is 42.5 Å². The number of carbonyl (C=O) groups excluding carboxylic acids is 2. The molecule has 4 nitrogen and oxygen atoms in total. The molecular weight excluding hydrogens is 292 g/mol. The molecule has 0 radical (unpaired) electrons. The molecule has 0 spiro atoms. The molecule has 4 rings (SSSR count). The van der Waals surface area contributed by atoms with Gasteiger partial charge in [-0.15, -0.1) is 0 Å². The van der Waals surface area contributed by atoms with Crippen LogP contribution in [0.5, 0.6) is 0 Å². The van der Waals surface area contributed by atoms with Crippen molar-refractivity contribution in [3.63, 3.8) is 0 Å². The highest BCUT2D eigenvalue weighted by Gasteiger charge is 2.64. The van der Waals surface area contributed by atoms with Gasteiger partial charge in [-0.1, -0.05) is 42.5 Å². The van der Waals surface area contributed by atoms with E-state index in [1.165, 1.54) is 0 Å². The minimum absolute atomic E-state index is 0.0000588. The summed E-state index contributed by atoms with van der Waals surface area (Å²) in [5.41, 5.74) is -1.38. The van der Waals surface area contributed by atoms with Crippen molar-refractivity contribution in [2.45, 2.75) is 31.3 Å². The van der Waals surface area contributed by atoms with Gasteiger partial charge in [-0.05, 0) is 29.2 Å². The average Bonchev–Trinajstić information content (AvgIpc) is 2.79. The Morgan fingerprint density at radius 2 is 1.87 bits per heavy atom. The van der Waals surface area contributed by atoms with Gasteiger partial charge in [0, 0.05) is 12.8 Å². The first-order valence-electron chi connectivity index (χ1n) is 7.91. The van der Waals surface area contributed by atoms with E-state index in [1.54, 1.807) is 0 Å². The summed E-state index contributed by atoms with van der Waals surface area (Å²) in [4.78, 5) is 24.2. The van der Waals surface area contributed by atoms with Crippen LogP contribution >= 0.6 is 0 Å². The molecule has 0 aromatic heterocycles. The number of aliphatic hydroxyl groups is 1. The second kappa shape index (κ2) is 4.90. The lowest BCUT2D eigenvalue weighted by atomic mass is 9.61. The fourth-order valence-electron chi connectivity index (χ4n) is 4.00. The van der Waals surface area contributed by atoms with E-state index in [-0.39, 0.29) is 24.8 Å². The Morgan fingerprint density at radius 1 is 1.09 bits per heavy atom. The van der Waals surface area contributed by atoms with Crippen molar-refractivity contribution >= 4 is 22.5 Å². The molecule has 1 N–H and O–H groups in total. The van der Waals surface area contributed by atoms with Crippen molar-refractivity contribution in [1.82, 2.24) is 0 Å². The lowest BCUT2D eigenvalue weighted by Crippen LogP contribution is -2.54. The highest BCUT2D eigenvalue weighted by atomic mass is 16.6. The maximum Gasteiger partial charge on any atom is 0.315 e. The van der Waals surface area contributed by atoms with Gasteiger partial charge in [0.25, 0.3) is 0 Å². The molecule has 1 saturated heterocycles. The molecule has 1 aliphatic carbocycles. The van der Waals surface area contributed by atoms with Crippen molar-refractivity contribution in [2.24, 2.45) is 5.41 Å². The first kappa shape index (κ1) is 14.4. The van der Waals surface area contributed by atoms with Crippen LogP contribution in [0.3, 0.4) is 0 Å². The first-order chi connectivity index (χ1) is 11.0. The summed E-state index contributed by atoms with van der Waals surface area (Å²) in [6.07, 6.45) is 1.09. The molecule has 2 aromatic rings. The topological polar surface area (TPSA) is 63.6 Å². The van der Waals surface area contributed by atoms with E-state index in [0.29, 0.717) is 19.3 Å². The molecule has 2 atom stereocenters. The number of fused-ring (bicyclic) bond motifs is 2. The minimum Gasteiger partial charge on any atom is -0.462 e. The van der Waals surface area contributed by atoms with Crippen molar-refractivity contribution < 1.29 is 19.4 Å². The number of cyclic esters (lactones) is 1. The molecular formula is C19H18O4. The van der Waals surface area contributed by atoms with Crippen LogP contribution in [0.25, 0.3) is 10.8 Å². The first-order valence-corrected chi connectivity index (χ1v) is 7.91. The van der Waals surface area contributed by atoms with Gasteiger partial charge in [-0.2, -0.15) is 0 Å². The van der Waals surface area contributed by atoms with Gasteiger partial charge in [0.1, 0.15) is 23.4 Å². The molecule has 1 saturated carbocycles. The van der Waals surface area contributed by atoms with Crippen molar-refractivity contribution in [3.8, 4) is 0 Å². The maximum atomic E-state index is 12.4. The number of esters is 1. The summed E-state index contributed by atoms with van der Waals surface area (Å²) in [5.74, 6) is -0.374.